The Hall–Kier alpha value is -0.230. The Kier molecular flexibility index (Phi) is 3.64. The van der Waals surface area contributed by atoms with E-state index in [4.69, 9.17) is 4.52 Å². The van der Waals surface area contributed by atoms with Crippen molar-refractivity contribution >= 4 is 7.37 Å². The van der Waals surface area contributed by atoms with Crippen molar-refractivity contribution in [3.8, 4) is 0 Å². The Labute approximate surface area is 56.4 Å². The van der Waals surface area contributed by atoms with Crippen LogP contribution in [0.3, 0.4) is 0 Å². The Morgan fingerprint density at radius 2 is 2.22 bits per heavy atom. The molecule has 3 heteroatoms. The van der Waals surface area contributed by atoms with Gasteiger partial charge < -0.3 is 4.52 Å². The standard InChI is InChI=1S/C6H13O2P/c1-4-6-8-9(3,7)5-2/h4,6H,5H2,1-3H3. The van der Waals surface area contributed by atoms with E-state index in [2.05, 4.69) is 0 Å². The summed E-state index contributed by atoms with van der Waals surface area (Å²) >= 11 is 0. The molecule has 0 saturated heterocycles. The average Bonchev–Trinajstić information content (AvgIpc) is 1.84. The van der Waals surface area contributed by atoms with Gasteiger partial charge in [0.2, 0.25) is 7.37 Å². The Bertz CT molecular complexity index is 140. The van der Waals surface area contributed by atoms with E-state index in [1.807, 2.05) is 13.8 Å². The molecule has 0 radical (unpaired) electrons. The van der Waals surface area contributed by atoms with Gasteiger partial charge in [-0.3, -0.25) is 4.57 Å². The zero-order chi connectivity index (χ0) is 7.33. The molecule has 0 amide bonds. The molecule has 1 atom stereocenters. The first-order valence-electron chi connectivity index (χ1n) is 2.98. The smallest absolute Gasteiger partial charge is 0.244 e. The van der Waals surface area contributed by atoms with Gasteiger partial charge in [0.05, 0.1) is 6.26 Å². The summed E-state index contributed by atoms with van der Waals surface area (Å²) in [6.07, 6.45) is 3.80. The number of hydrogen-bond acceptors (Lipinski definition) is 2. The van der Waals surface area contributed by atoms with Crippen molar-refractivity contribution in [3.05, 3.63) is 12.3 Å². The third kappa shape index (κ3) is 4.28. The van der Waals surface area contributed by atoms with Gasteiger partial charge in [-0.2, -0.15) is 0 Å². The summed E-state index contributed by atoms with van der Waals surface area (Å²) in [5, 5.41) is 0. The van der Waals surface area contributed by atoms with Gasteiger partial charge in [0, 0.05) is 12.8 Å². The Morgan fingerprint density at radius 1 is 1.67 bits per heavy atom. The first kappa shape index (κ1) is 8.77. The molecule has 1 unspecified atom stereocenters. The summed E-state index contributed by atoms with van der Waals surface area (Å²) in [6, 6.07) is 0. The van der Waals surface area contributed by atoms with Crippen LogP contribution >= 0.6 is 7.37 Å². The molecular formula is C6H13O2P. The van der Waals surface area contributed by atoms with Gasteiger partial charge in [-0.05, 0) is 6.92 Å². The van der Waals surface area contributed by atoms with Gasteiger partial charge in [0.1, 0.15) is 0 Å². The van der Waals surface area contributed by atoms with Crippen LogP contribution in [-0.4, -0.2) is 12.8 Å². The van der Waals surface area contributed by atoms with Crippen molar-refractivity contribution in [3.63, 3.8) is 0 Å². The Morgan fingerprint density at radius 3 is 2.56 bits per heavy atom. The van der Waals surface area contributed by atoms with E-state index in [0.717, 1.165) is 0 Å². The van der Waals surface area contributed by atoms with Gasteiger partial charge in [-0.15, -0.1) is 0 Å². The molecular weight excluding hydrogens is 135 g/mol. The molecule has 54 valence electrons. The fraction of sp³-hybridized carbons (Fsp3) is 0.667. The van der Waals surface area contributed by atoms with Crippen molar-refractivity contribution < 1.29 is 9.09 Å². The predicted octanol–water partition coefficient (Wildman–Crippen LogP) is 2.46. The molecule has 0 rings (SSSR count). The maximum Gasteiger partial charge on any atom is 0.244 e. The average molecular weight is 148 g/mol. The highest BCUT2D eigenvalue weighted by Crippen LogP contribution is 2.41. The van der Waals surface area contributed by atoms with E-state index in [1.54, 1.807) is 12.7 Å². The van der Waals surface area contributed by atoms with Crippen LogP contribution < -0.4 is 0 Å². The molecule has 0 spiro atoms. The van der Waals surface area contributed by atoms with Gasteiger partial charge in [0.25, 0.3) is 0 Å². The molecule has 0 aromatic carbocycles. The number of allylic oxidation sites excluding steroid dienone is 1. The molecule has 0 aliphatic rings. The minimum absolute atomic E-state index is 0.595. The largest absolute Gasteiger partial charge is 0.451 e. The molecule has 0 N–H and O–H groups in total. The van der Waals surface area contributed by atoms with Crippen molar-refractivity contribution in [2.24, 2.45) is 0 Å². The molecule has 2 nitrogen and oxygen atoms in total. The fourth-order valence-corrected chi connectivity index (χ4v) is 0.792. The lowest BCUT2D eigenvalue weighted by molar-refractivity contribution is 0.446. The van der Waals surface area contributed by atoms with Crippen LogP contribution in [0, 0.1) is 0 Å². The number of rotatable bonds is 3. The van der Waals surface area contributed by atoms with Gasteiger partial charge in [-0.1, -0.05) is 13.0 Å². The summed E-state index contributed by atoms with van der Waals surface area (Å²) in [7, 11) is -2.28. The third-order valence-electron chi connectivity index (χ3n) is 0.994. The highest BCUT2D eigenvalue weighted by molar-refractivity contribution is 7.58. The predicted molar refractivity (Wildman–Crippen MR) is 40.0 cm³/mol. The number of hydrogen-bond donors (Lipinski definition) is 0. The summed E-state index contributed by atoms with van der Waals surface area (Å²) < 4.78 is 16.0. The maximum absolute atomic E-state index is 11.1. The normalized spacial score (nSPS) is 17.7. The van der Waals surface area contributed by atoms with E-state index >= 15 is 0 Å². The minimum Gasteiger partial charge on any atom is -0.451 e. The zero-order valence-corrected chi connectivity index (χ0v) is 7.02. The zero-order valence-electron chi connectivity index (χ0n) is 6.13. The van der Waals surface area contributed by atoms with Gasteiger partial charge >= 0.3 is 0 Å². The van der Waals surface area contributed by atoms with Crippen LogP contribution in [0.1, 0.15) is 13.8 Å². The summed E-state index contributed by atoms with van der Waals surface area (Å²) in [6.45, 7) is 5.31. The van der Waals surface area contributed by atoms with Gasteiger partial charge in [0.15, 0.2) is 0 Å². The van der Waals surface area contributed by atoms with Crippen molar-refractivity contribution in [2.45, 2.75) is 13.8 Å². The third-order valence-corrected chi connectivity index (χ3v) is 2.71. The SMILES string of the molecule is CC=COP(C)(=O)CC. The van der Waals surface area contributed by atoms with Gasteiger partial charge in [-0.25, -0.2) is 0 Å². The second-order valence-electron chi connectivity index (χ2n) is 1.91. The molecule has 0 aromatic rings. The van der Waals surface area contributed by atoms with Crippen LogP contribution in [0.5, 0.6) is 0 Å². The molecule has 0 bridgehead atoms. The lowest BCUT2D eigenvalue weighted by Gasteiger charge is -2.07. The molecule has 0 heterocycles. The van der Waals surface area contributed by atoms with E-state index in [-0.39, 0.29) is 0 Å². The fourth-order valence-electron chi connectivity index (χ4n) is 0.264. The topological polar surface area (TPSA) is 26.3 Å². The monoisotopic (exact) mass is 148 g/mol. The van der Waals surface area contributed by atoms with Crippen LogP contribution in [0.25, 0.3) is 0 Å². The van der Waals surface area contributed by atoms with E-state index in [0.29, 0.717) is 6.16 Å². The summed E-state index contributed by atoms with van der Waals surface area (Å²) in [5.41, 5.74) is 0. The second-order valence-corrected chi connectivity index (χ2v) is 4.78. The molecule has 9 heavy (non-hydrogen) atoms. The van der Waals surface area contributed by atoms with E-state index in [1.165, 1.54) is 6.26 Å². The van der Waals surface area contributed by atoms with E-state index in [9.17, 15) is 4.57 Å². The van der Waals surface area contributed by atoms with Crippen LogP contribution in [0.15, 0.2) is 12.3 Å². The highest BCUT2D eigenvalue weighted by Gasteiger charge is 2.09. The first-order chi connectivity index (χ1) is 4.12. The highest BCUT2D eigenvalue weighted by atomic mass is 31.2. The van der Waals surface area contributed by atoms with Crippen molar-refractivity contribution in [2.75, 3.05) is 12.8 Å². The second kappa shape index (κ2) is 3.73. The van der Waals surface area contributed by atoms with Crippen molar-refractivity contribution in [1.82, 2.24) is 0 Å². The van der Waals surface area contributed by atoms with Crippen LogP contribution in [0.2, 0.25) is 0 Å². The summed E-state index contributed by atoms with van der Waals surface area (Å²) in [4.78, 5) is 0. The molecule has 0 aromatic heterocycles. The molecule has 0 aliphatic heterocycles. The minimum atomic E-state index is -2.28. The van der Waals surface area contributed by atoms with Crippen molar-refractivity contribution in [1.29, 1.82) is 0 Å². The van der Waals surface area contributed by atoms with Crippen LogP contribution in [-0.2, 0) is 9.09 Å². The lowest BCUT2D eigenvalue weighted by atomic mass is 10.8. The van der Waals surface area contributed by atoms with Crippen LogP contribution in [0.4, 0.5) is 0 Å². The molecule has 0 aliphatic carbocycles. The Balaban J connectivity index is 3.73. The quantitative estimate of drug-likeness (QED) is 0.454. The maximum atomic E-state index is 11.1. The lowest BCUT2D eigenvalue weighted by Crippen LogP contribution is -1.82. The molecule has 0 fully saturated rings. The first-order valence-corrected chi connectivity index (χ1v) is 5.24. The molecule has 0 saturated carbocycles. The summed E-state index contributed by atoms with van der Waals surface area (Å²) in [5.74, 6) is 0. The van der Waals surface area contributed by atoms with E-state index < -0.39 is 7.37 Å².